The van der Waals surface area contributed by atoms with Crippen LogP contribution >= 0.6 is 0 Å². The molecule has 0 bridgehead atoms. The van der Waals surface area contributed by atoms with E-state index in [4.69, 9.17) is 8.83 Å². The van der Waals surface area contributed by atoms with Crippen molar-refractivity contribution in [3.8, 4) is 11.3 Å². The number of amides is 1. The predicted octanol–water partition coefficient (Wildman–Crippen LogP) is 3.96. The minimum Gasteiger partial charge on any atom is -0.469 e. The highest BCUT2D eigenvalue weighted by molar-refractivity contribution is 5.82. The lowest BCUT2D eigenvalue weighted by atomic mass is 10.2. The van der Waals surface area contributed by atoms with Gasteiger partial charge in [-0.3, -0.25) is 4.79 Å². The third kappa shape index (κ3) is 2.93. The van der Waals surface area contributed by atoms with Crippen LogP contribution in [-0.4, -0.2) is 5.91 Å². The van der Waals surface area contributed by atoms with Crippen LogP contribution in [0.5, 0.6) is 0 Å². The van der Waals surface area contributed by atoms with E-state index in [1.54, 1.807) is 6.26 Å². The van der Waals surface area contributed by atoms with E-state index in [-0.39, 0.29) is 17.7 Å². The fourth-order valence-corrected chi connectivity index (χ4v) is 2.84. The third-order valence-electron chi connectivity index (χ3n) is 4.19. The van der Waals surface area contributed by atoms with Crippen LogP contribution in [0.25, 0.3) is 11.3 Å². The Morgan fingerprint density at radius 2 is 1.96 bits per heavy atom. The van der Waals surface area contributed by atoms with Gasteiger partial charge in [-0.1, -0.05) is 30.3 Å². The van der Waals surface area contributed by atoms with Gasteiger partial charge in [0.1, 0.15) is 17.3 Å². The molecular formula is C19H17NO3. The molecule has 4 nitrogen and oxygen atoms in total. The van der Waals surface area contributed by atoms with Gasteiger partial charge in [0.05, 0.1) is 12.8 Å². The molecule has 1 aromatic carbocycles. The van der Waals surface area contributed by atoms with Crippen LogP contribution in [0.4, 0.5) is 0 Å². The van der Waals surface area contributed by atoms with E-state index in [0.29, 0.717) is 6.54 Å². The number of furan rings is 2. The monoisotopic (exact) mass is 307 g/mol. The highest BCUT2D eigenvalue weighted by Crippen LogP contribution is 2.47. The molecule has 1 aliphatic rings. The summed E-state index contributed by atoms with van der Waals surface area (Å²) in [5.41, 5.74) is 1.03. The van der Waals surface area contributed by atoms with Gasteiger partial charge in [0.25, 0.3) is 0 Å². The molecule has 1 saturated carbocycles. The van der Waals surface area contributed by atoms with Crippen molar-refractivity contribution in [3.63, 3.8) is 0 Å². The van der Waals surface area contributed by atoms with Crippen LogP contribution in [0, 0.1) is 5.92 Å². The van der Waals surface area contributed by atoms with Crippen molar-refractivity contribution in [2.75, 3.05) is 0 Å². The fourth-order valence-electron chi connectivity index (χ4n) is 2.84. The first-order valence-electron chi connectivity index (χ1n) is 7.76. The Bertz CT molecular complexity index is 789. The molecule has 1 aliphatic carbocycles. The van der Waals surface area contributed by atoms with Crippen LogP contribution < -0.4 is 5.32 Å². The molecule has 2 heterocycles. The first-order valence-corrected chi connectivity index (χ1v) is 7.76. The summed E-state index contributed by atoms with van der Waals surface area (Å²) in [6.07, 6.45) is 2.50. The normalized spacial score (nSPS) is 19.5. The van der Waals surface area contributed by atoms with Crippen LogP contribution in [0.1, 0.15) is 23.9 Å². The minimum atomic E-state index is 0.0182. The molecule has 4 heteroatoms. The molecule has 0 radical (unpaired) electrons. The van der Waals surface area contributed by atoms with E-state index >= 15 is 0 Å². The number of nitrogens with one attached hydrogen (secondary N) is 1. The number of rotatable bonds is 5. The Morgan fingerprint density at radius 1 is 1.09 bits per heavy atom. The fraction of sp³-hybridized carbons (Fsp3) is 0.211. The molecule has 0 aliphatic heterocycles. The van der Waals surface area contributed by atoms with Crippen molar-refractivity contribution < 1.29 is 13.6 Å². The molecule has 3 aromatic rings. The van der Waals surface area contributed by atoms with E-state index in [1.807, 2.05) is 54.6 Å². The van der Waals surface area contributed by atoms with Crippen molar-refractivity contribution in [2.45, 2.75) is 18.9 Å². The first-order chi connectivity index (χ1) is 11.3. The second-order valence-corrected chi connectivity index (χ2v) is 5.81. The van der Waals surface area contributed by atoms with Crippen LogP contribution in [0.15, 0.2) is 69.7 Å². The van der Waals surface area contributed by atoms with Gasteiger partial charge >= 0.3 is 0 Å². The Labute approximate surface area is 134 Å². The molecule has 116 valence electrons. The second kappa shape index (κ2) is 5.80. The summed E-state index contributed by atoms with van der Waals surface area (Å²) >= 11 is 0. The number of hydrogen-bond acceptors (Lipinski definition) is 3. The third-order valence-corrected chi connectivity index (χ3v) is 4.19. The predicted molar refractivity (Wildman–Crippen MR) is 85.5 cm³/mol. The van der Waals surface area contributed by atoms with Gasteiger partial charge in [-0.25, -0.2) is 0 Å². The molecule has 0 saturated heterocycles. The van der Waals surface area contributed by atoms with Crippen molar-refractivity contribution in [3.05, 3.63) is 72.4 Å². The van der Waals surface area contributed by atoms with Gasteiger partial charge in [-0.2, -0.15) is 0 Å². The average Bonchev–Trinajstić information content (AvgIpc) is 3.02. The smallest absolute Gasteiger partial charge is 0.224 e. The number of benzene rings is 1. The van der Waals surface area contributed by atoms with Crippen LogP contribution in [0.2, 0.25) is 0 Å². The van der Waals surface area contributed by atoms with Crippen LogP contribution in [-0.2, 0) is 11.3 Å². The Kier molecular flexibility index (Phi) is 3.50. The highest BCUT2D eigenvalue weighted by atomic mass is 16.3. The van der Waals surface area contributed by atoms with Crippen molar-refractivity contribution in [1.29, 1.82) is 0 Å². The lowest BCUT2D eigenvalue weighted by Gasteiger charge is -2.02. The van der Waals surface area contributed by atoms with Crippen molar-refractivity contribution in [2.24, 2.45) is 5.92 Å². The summed E-state index contributed by atoms with van der Waals surface area (Å²) in [6, 6.07) is 17.5. The molecule has 23 heavy (non-hydrogen) atoms. The zero-order valence-corrected chi connectivity index (χ0v) is 12.6. The lowest BCUT2D eigenvalue weighted by molar-refractivity contribution is -0.122. The molecule has 4 rings (SSSR count). The quantitative estimate of drug-likeness (QED) is 0.776. The van der Waals surface area contributed by atoms with E-state index in [1.165, 1.54) is 0 Å². The molecular weight excluding hydrogens is 290 g/mol. The molecule has 2 atom stereocenters. The van der Waals surface area contributed by atoms with Crippen molar-refractivity contribution in [1.82, 2.24) is 5.32 Å². The molecule has 1 fully saturated rings. The van der Waals surface area contributed by atoms with Crippen molar-refractivity contribution >= 4 is 5.91 Å². The van der Waals surface area contributed by atoms with Gasteiger partial charge in [-0.15, -0.1) is 0 Å². The summed E-state index contributed by atoms with van der Waals surface area (Å²) in [5.74, 6) is 2.77. The Hall–Kier alpha value is -2.75. The molecule has 2 aromatic heterocycles. The second-order valence-electron chi connectivity index (χ2n) is 5.81. The van der Waals surface area contributed by atoms with E-state index in [2.05, 4.69) is 5.32 Å². The topological polar surface area (TPSA) is 55.4 Å². The first kappa shape index (κ1) is 13.9. The minimum absolute atomic E-state index is 0.0182. The number of hydrogen-bond donors (Lipinski definition) is 1. The summed E-state index contributed by atoms with van der Waals surface area (Å²) in [6.45, 7) is 0.410. The van der Waals surface area contributed by atoms with Gasteiger partial charge in [0, 0.05) is 17.4 Å². The standard InChI is InChI=1S/C19H17NO3/c21-19(16-11-15(16)18-7-4-10-22-18)20-12-14-8-9-17(23-14)13-5-2-1-3-6-13/h1-10,15-16H,11-12H2,(H,20,21)/t15-,16+/m0/s1. The largest absolute Gasteiger partial charge is 0.469 e. The maximum atomic E-state index is 12.2. The Balaban J connectivity index is 1.33. The van der Waals surface area contributed by atoms with Gasteiger partial charge in [-0.05, 0) is 30.7 Å². The number of carbonyl (C=O) groups is 1. The highest BCUT2D eigenvalue weighted by Gasteiger charge is 2.45. The molecule has 0 unspecified atom stereocenters. The maximum Gasteiger partial charge on any atom is 0.224 e. The maximum absolute atomic E-state index is 12.2. The average molecular weight is 307 g/mol. The summed E-state index contributed by atoms with van der Waals surface area (Å²) in [5, 5.41) is 2.94. The SMILES string of the molecule is O=C(NCc1ccc(-c2ccccc2)o1)[C@@H]1C[C@@H]1c1ccco1. The van der Waals surface area contributed by atoms with E-state index in [0.717, 1.165) is 29.3 Å². The zero-order chi connectivity index (χ0) is 15.6. The van der Waals surface area contributed by atoms with Gasteiger partial charge < -0.3 is 14.2 Å². The molecule has 0 spiro atoms. The van der Waals surface area contributed by atoms with E-state index < -0.39 is 0 Å². The van der Waals surface area contributed by atoms with Gasteiger partial charge in [0.2, 0.25) is 5.91 Å². The summed E-state index contributed by atoms with van der Waals surface area (Å²) in [4.78, 5) is 12.2. The zero-order valence-electron chi connectivity index (χ0n) is 12.6. The molecule has 1 amide bonds. The summed E-state index contributed by atoms with van der Waals surface area (Å²) in [7, 11) is 0. The van der Waals surface area contributed by atoms with Gasteiger partial charge in [0.15, 0.2) is 0 Å². The lowest BCUT2D eigenvalue weighted by Crippen LogP contribution is -2.24. The summed E-state index contributed by atoms with van der Waals surface area (Å²) < 4.78 is 11.1. The van der Waals surface area contributed by atoms with Crippen LogP contribution in [0.3, 0.4) is 0 Å². The Morgan fingerprint density at radius 3 is 2.74 bits per heavy atom. The van der Waals surface area contributed by atoms with E-state index in [9.17, 15) is 4.79 Å². The molecule has 1 N–H and O–H groups in total. The number of carbonyl (C=O) groups excluding carboxylic acids is 1.